The zero-order valence-electron chi connectivity index (χ0n) is 9.71. The number of fused-ring (bicyclic) bond motifs is 1. The van der Waals surface area contributed by atoms with Crippen LogP contribution in [0.5, 0.6) is 5.75 Å². The molecule has 1 unspecified atom stereocenters. The van der Waals surface area contributed by atoms with Crippen molar-refractivity contribution < 1.29 is 23.1 Å². The van der Waals surface area contributed by atoms with Crippen LogP contribution in [0.25, 0.3) is 0 Å². The van der Waals surface area contributed by atoms with Gasteiger partial charge in [-0.15, -0.1) is 0 Å². The maximum atomic E-state index is 11.3. The summed E-state index contributed by atoms with van der Waals surface area (Å²) in [5, 5.41) is 8.83. The van der Waals surface area contributed by atoms with Crippen molar-refractivity contribution in [2.75, 3.05) is 10.7 Å². The van der Waals surface area contributed by atoms with Crippen LogP contribution in [-0.2, 0) is 21.2 Å². The number of nitrogens with one attached hydrogen (secondary N) is 1. The van der Waals surface area contributed by atoms with Crippen LogP contribution >= 0.6 is 0 Å². The summed E-state index contributed by atoms with van der Waals surface area (Å²) in [6.45, 7) is 1.60. The standard InChI is InChI=1S/C11H13NO5S/c1-7(11(13)14)4-8-2-3-10-9(5-8)12-18(15,16)6-17-10/h2-3,5,7,12H,4,6H2,1H3,(H,13,14). The molecule has 0 radical (unpaired) electrons. The van der Waals surface area contributed by atoms with Crippen molar-refractivity contribution in [3.05, 3.63) is 23.8 Å². The van der Waals surface area contributed by atoms with Gasteiger partial charge < -0.3 is 9.84 Å². The summed E-state index contributed by atoms with van der Waals surface area (Å²) < 4.78 is 30.1. The van der Waals surface area contributed by atoms with Gasteiger partial charge in [-0.25, -0.2) is 8.42 Å². The second kappa shape index (κ2) is 4.49. The minimum absolute atomic E-state index is 0.338. The lowest BCUT2D eigenvalue weighted by Gasteiger charge is -2.20. The molecule has 1 atom stereocenters. The van der Waals surface area contributed by atoms with E-state index in [-0.39, 0.29) is 0 Å². The minimum Gasteiger partial charge on any atom is -0.481 e. The van der Waals surface area contributed by atoms with Gasteiger partial charge >= 0.3 is 5.97 Å². The predicted molar refractivity (Wildman–Crippen MR) is 65.0 cm³/mol. The number of ether oxygens (including phenoxy) is 1. The first-order chi connectivity index (χ1) is 8.37. The molecule has 18 heavy (non-hydrogen) atoms. The summed E-state index contributed by atoms with van der Waals surface area (Å²) in [6, 6.07) is 4.98. The highest BCUT2D eigenvalue weighted by molar-refractivity contribution is 7.92. The summed E-state index contributed by atoms with van der Waals surface area (Å²) in [7, 11) is -3.45. The van der Waals surface area contributed by atoms with Gasteiger partial charge in [0.2, 0.25) is 5.94 Å². The molecular weight excluding hydrogens is 258 g/mol. The maximum absolute atomic E-state index is 11.3. The molecule has 2 N–H and O–H groups in total. The van der Waals surface area contributed by atoms with Crippen molar-refractivity contribution in [1.82, 2.24) is 0 Å². The van der Waals surface area contributed by atoms with E-state index in [1.807, 2.05) is 0 Å². The molecule has 1 heterocycles. The maximum Gasteiger partial charge on any atom is 0.306 e. The highest BCUT2D eigenvalue weighted by atomic mass is 32.2. The van der Waals surface area contributed by atoms with Crippen molar-refractivity contribution in [3.8, 4) is 5.75 Å². The number of carboxylic acids is 1. The lowest BCUT2D eigenvalue weighted by atomic mass is 10.0. The van der Waals surface area contributed by atoms with E-state index in [1.165, 1.54) is 0 Å². The van der Waals surface area contributed by atoms with E-state index in [9.17, 15) is 13.2 Å². The Morgan fingerprint density at radius 3 is 2.94 bits per heavy atom. The lowest BCUT2D eigenvalue weighted by molar-refractivity contribution is -0.141. The van der Waals surface area contributed by atoms with Crippen LogP contribution in [0.4, 0.5) is 5.69 Å². The van der Waals surface area contributed by atoms with Gasteiger partial charge in [0.15, 0.2) is 0 Å². The molecule has 0 saturated carbocycles. The van der Waals surface area contributed by atoms with Crippen LogP contribution in [0.15, 0.2) is 18.2 Å². The number of anilines is 1. The van der Waals surface area contributed by atoms with Crippen molar-refractivity contribution in [2.24, 2.45) is 5.92 Å². The van der Waals surface area contributed by atoms with Gasteiger partial charge in [0.05, 0.1) is 11.6 Å². The molecule has 1 aromatic rings. The average molecular weight is 271 g/mol. The van der Waals surface area contributed by atoms with E-state index in [1.54, 1.807) is 25.1 Å². The Kier molecular flexibility index (Phi) is 3.16. The molecule has 0 saturated heterocycles. The molecule has 6 nitrogen and oxygen atoms in total. The largest absolute Gasteiger partial charge is 0.481 e. The van der Waals surface area contributed by atoms with Gasteiger partial charge in [0.25, 0.3) is 10.0 Å². The van der Waals surface area contributed by atoms with Gasteiger partial charge in [-0.1, -0.05) is 13.0 Å². The van der Waals surface area contributed by atoms with E-state index in [0.29, 0.717) is 17.9 Å². The summed E-state index contributed by atoms with van der Waals surface area (Å²) in [4.78, 5) is 10.8. The Bertz CT molecular complexity index is 581. The van der Waals surface area contributed by atoms with Crippen LogP contribution in [0.2, 0.25) is 0 Å². The fraction of sp³-hybridized carbons (Fsp3) is 0.364. The highest BCUT2D eigenvalue weighted by Gasteiger charge is 2.22. The first-order valence-corrected chi connectivity index (χ1v) is 7.01. The van der Waals surface area contributed by atoms with Gasteiger partial charge in [0.1, 0.15) is 5.75 Å². The second-order valence-electron chi connectivity index (χ2n) is 4.25. The van der Waals surface area contributed by atoms with Gasteiger partial charge in [-0.3, -0.25) is 9.52 Å². The van der Waals surface area contributed by atoms with Gasteiger partial charge in [-0.2, -0.15) is 0 Å². The van der Waals surface area contributed by atoms with Crippen molar-refractivity contribution in [1.29, 1.82) is 0 Å². The van der Waals surface area contributed by atoms with Crippen LogP contribution < -0.4 is 9.46 Å². The quantitative estimate of drug-likeness (QED) is 0.857. The van der Waals surface area contributed by atoms with Gasteiger partial charge in [0, 0.05) is 0 Å². The number of sulfonamides is 1. The number of carbonyl (C=O) groups is 1. The molecule has 0 fully saturated rings. The predicted octanol–water partition coefficient (Wildman–Crippen LogP) is 1.04. The lowest BCUT2D eigenvalue weighted by Crippen LogP contribution is -2.25. The first-order valence-electron chi connectivity index (χ1n) is 5.36. The smallest absolute Gasteiger partial charge is 0.306 e. The Labute approximate surface area is 105 Å². The van der Waals surface area contributed by atoms with E-state index in [4.69, 9.17) is 9.84 Å². The number of aliphatic carboxylic acids is 1. The number of hydrogen-bond donors (Lipinski definition) is 2. The number of hydrogen-bond acceptors (Lipinski definition) is 4. The van der Waals surface area contributed by atoms with Crippen molar-refractivity contribution in [3.63, 3.8) is 0 Å². The van der Waals surface area contributed by atoms with E-state index < -0.39 is 27.8 Å². The fourth-order valence-electron chi connectivity index (χ4n) is 1.69. The molecule has 0 aromatic heterocycles. The molecule has 1 aliphatic rings. The summed E-state index contributed by atoms with van der Waals surface area (Å²) >= 11 is 0. The Hall–Kier alpha value is -1.76. The van der Waals surface area contributed by atoms with Gasteiger partial charge in [-0.05, 0) is 24.1 Å². The number of benzene rings is 1. The molecule has 1 aromatic carbocycles. The first kappa shape index (κ1) is 12.7. The molecule has 0 bridgehead atoms. The second-order valence-corrected chi connectivity index (χ2v) is 5.92. The van der Waals surface area contributed by atoms with Crippen LogP contribution in [0.3, 0.4) is 0 Å². The van der Waals surface area contributed by atoms with E-state index in [2.05, 4.69) is 4.72 Å². The SMILES string of the molecule is CC(Cc1ccc2c(c1)NS(=O)(=O)CO2)C(=O)O. The molecule has 7 heteroatoms. The summed E-state index contributed by atoms with van der Waals surface area (Å²) in [5.74, 6) is -1.35. The molecule has 0 amide bonds. The number of rotatable bonds is 3. The average Bonchev–Trinajstić information content (AvgIpc) is 2.27. The summed E-state index contributed by atoms with van der Waals surface area (Å²) in [5.41, 5.74) is 1.10. The Balaban J connectivity index is 2.24. The minimum atomic E-state index is -3.45. The van der Waals surface area contributed by atoms with Crippen LogP contribution in [0, 0.1) is 5.92 Å². The van der Waals surface area contributed by atoms with E-state index in [0.717, 1.165) is 5.56 Å². The van der Waals surface area contributed by atoms with E-state index >= 15 is 0 Å². The molecule has 0 aliphatic carbocycles. The molecule has 1 aliphatic heterocycles. The van der Waals surface area contributed by atoms with Crippen LogP contribution in [-0.4, -0.2) is 25.4 Å². The zero-order valence-corrected chi connectivity index (χ0v) is 10.5. The number of carboxylic acid groups (broad SMARTS) is 1. The molecule has 98 valence electrons. The summed E-state index contributed by atoms with van der Waals surface area (Å²) in [6.07, 6.45) is 0.338. The Morgan fingerprint density at radius 2 is 2.28 bits per heavy atom. The fourth-order valence-corrected chi connectivity index (χ4v) is 2.52. The third-order valence-electron chi connectivity index (χ3n) is 2.64. The molecular formula is C11H13NO5S. The molecule has 2 rings (SSSR count). The third kappa shape index (κ3) is 2.73. The monoisotopic (exact) mass is 271 g/mol. The molecule has 0 spiro atoms. The van der Waals surface area contributed by atoms with Crippen molar-refractivity contribution in [2.45, 2.75) is 13.3 Å². The normalized spacial score (nSPS) is 18.1. The van der Waals surface area contributed by atoms with Crippen molar-refractivity contribution >= 4 is 21.7 Å². The third-order valence-corrected chi connectivity index (χ3v) is 3.60. The zero-order chi connectivity index (χ0) is 13.3. The Morgan fingerprint density at radius 1 is 1.56 bits per heavy atom. The highest BCUT2D eigenvalue weighted by Crippen LogP contribution is 2.31. The topological polar surface area (TPSA) is 92.7 Å². The van der Waals surface area contributed by atoms with Crippen LogP contribution in [0.1, 0.15) is 12.5 Å².